The highest BCUT2D eigenvalue weighted by molar-refractivity contribution is 5.97. The van der Waals surface area contributed by atoms with Crippen molar-refractivity contribution < 1.29 is 33.1 Å². The van der Waals surface area contributed by atoms with E-state index >= 15 is 0 Å². The molecule has 3 aromatic rings. The third-order valence-corrected chi connectivity index (χ3v) is 3.78. The van der Waals surface area contributed by atoms with Crippen LogP contribution < -0.4 is 18.1 Å². The Morgan fingerprint density at radius 3 is 2.46 bits per heavy atom. The van der Waals surface area contributed by atoms with E-state index < -0.39 is 12.0 Å². The molecule has 2 aromatic carbocycles. The van der Waals surface area contributed by atoms with E-state index in [1.807, 2.05) is 42.5 Å². The second-order valence-corrected chi connectivity index (χ2v) is 5.44. The molecule has 0 amide bonds. The predicted molar refractivity (Wildman–Crippen MR) is 86.9 cm³/mol. The number of hydrogen-bond donors (Lipinski definition) is 3. The van der Waals surface area contributed by atoms with Gasteiger partial charge in [-0.15, -0.1) is 0 Å². The lowest BCUT2D eigenvalue weighted by molar-refractivity contribution is -0.407. The molecule has 0 aliphatic rings. The van der Waals surface area contributed by atoms with Crippen LogP contribution in [0, 0.1) is 0 Å². The van der Waals surface area contributed by atoms with Crippen molar-refractivity contribution in [3.63, 3.8) is 0 Å². The van der Waals surface area contributed by atoms with Crippen molar-refractivity contribution in [3.05, 3.63) is 60.3 Å². The number of aliphatic carboxylic acids is 1. The van der Waals surface area contributed by atoms with Gasteiger partial charge in [-0.2, -0.15) is 0 Å². The number of carbonyl (C=O) groups is 1. The minimum atomic E-state index is -0.964. The third kappa shape index (κ3) is 3.48. The maximum atomic E-state index is 10.9. The van der Waals surface area contributed by atoms with E-state index in [0.717, 1.165) is 16.5 Å². The zero-order valence-corrected chi connectivity index (χ0v) is 13.6. The monoisotopic (exact) mass is 344 g/mol. The summed E-state index contributed by atoms with van der Waals surface area (Å²) in [4.78, 5) is 15.4. The van der Waals surface area contributed by atoms with Gasteiger partial charge in [-0.1, -0.05) is 36.4 Å². The van der Waals surface area contributed by atoms with Crippen LogP contribution in [-0.4, -0.2) is 27.2 Å². The minimum Gasteiger partial charge on any atom is -1.00 e. The molecule has 0 unspecified atom stereocenters. The molecule has 1 heterocycles. The average Bonchev–Trinajstić information content (AvgIpc) is 2.56. The van der Waals surface area contributed by atoms with Gasteiger partial charge in [0, 0.05) is 11.1 Å². The second-order valence-electron chi connectivity index (χ2n) is 5.44. The van der Waals surface area contributed by atoms with Gasteiger partial charge in [0.05, 0.1) is 6.42 Å². The number of phenols is 1. The summed E-state index contributed by atoms with van der Waals surface area (Å²) in [7, 11) is 0. The average molecular weight is 345 g/mol. The molecule has 0 spiro atoms. The standard InChI is InChI=1S/C18H16N2O3.ClH/c19-15(18(22)23)10-12-6-7-14-13(11-4-2-1-3-5-11)8-9-16(21)17(14)20-12;/h1-9,15,21H,10,19H2,(H,22,23);1H/t15-;/m0./s1. The summed E-state index contributed by atoms with van der Waals surface area (Å²) in [6, 6.07) is 16.2. The molecular formula is C18H17ClN2O3. The third-order valence-electron chi connectivity index (χ3n) is 3.78. The fourth-order valence-electron chi connectivity index (χ4n) is 2.57. The highest BCUT2D eigenvalue weighted by atomic mass is 35.5. The van der Waals surface area contributed by atoms with Crippen molar-refractivity contribution in [2.24, 2.45) is 0 Å². The first-order valence-corrected chi connectivity index (χ1v) is 7.29. The number of hydrogen-bond acceptors (Lipinski definition) is 3. The summed E-state index contributed by atoms with van der Waals surface area (Å²) >= 11 is 0. The summed E-state index contributed by atoms with van der Waals surface area (Å²) in [6.07, 6.45) is 0.222. The van der Waals surface area contributed by atoms with Crippen molar-refractivity contribution in [2.75, 3.05) is 0 Å². The van der Waals surface area contributed by atoms with Crippen LogP contribution in [-0.2, 0) is 11.2 Å². The Morgan fingerprint density at radius 1 is 1.08 bits per heavy atom. The lowest BCUT2D eigenvalue weighted by Crippen LogP contribution is -3.00. The molecule has 5 nitrogen and oxygen atoms in total. The molecule has 24 heavy (non-hydrogen) atoms. The molecule has 0 fully saturated rings. The molecular weight excluding hydrogens is 328 g/mol. The molecule has 1 aromatic heterocycles. The number of pyridine rings is 1. The van der Waals surface area contributed by atoms with Crippen LogP contribution >= 0.6 is 0 Å². The lowest BCUT2D eigenvalue weighted by Gasteiger charge is -2.10. The molecule has 6 heteroatoms. The number of fused-ring (bicyclic) bond motifs is 1. The van der Waals surface area contributed by atoms with Gasteiger partial charge in [-0.05, 0) is 29.3 Å². The van der Waals surface area contributed by atoms with Crippen molar-refractivity contribution >= 4 is 16.9 Å². The number of phenolic OH excluding ortho intramolecular Hbond substituents is 1. The molecule has 0 saturated carbocycles. The Morgan fingerprint density at radius 2 is 1.79 bits per heavy atom. The Balaban J connectivity index is 0.00000208. The molecule has 1 atom stereocenters. The number of halogens is 1. The highest BCUT2D eigenvalue weighted by Crippen LogP contribution is 2.32. The lowest BCUT2D eigenvalue weighted by atomic mass is 9.99. The maximum Gasteiger partial charge on any atom is 0.362 e. The van der Waals surface area contributed by atoms with E-state index in [4.69, 9.17) is 5.11 Å². The van der Waals surface area contributed by atoms with Crippen molar-refractivity contribution in [1.82, 2.24) is 4.98 Å². The number of aromatic hydroxyl groups is 1. The SMILES string of the molecule is [Cl-].[NH3+][C@@H](Cc1ccc2c(-c3ccccc3)ccc(O)c2n1)C(=O)O. The van der Waals surface area contributed by atoms with Crippen LogP contribution in [0.4, 0.5) is 0 Å². The number of quaternary nitrogens is 1. The zero-order valence-electron chi connectivity index (χ0n) is 12.8. The van der Waals surface area contributed by atoms with Gasteiger partial charge in [0.15, 0.2) is 6.04 Å². The molecule has 5 N–H and O–H groups in total. The van der Waals surface area contributed by atoms with Crippen LogP contribution in [0.15, 0.2) is 54.6 Å². The van der Waals surface area contributed by atoms with Crippen molar-refractivity contribution in [1.29, 1.82) is 0 Å². The van der Waals surface area contributed by atoms with E-state index in [2.05, 4.69) is 10.7 Å². The molecule has 0 bridgehead atoms. The van der Waals surface area contributed by atoms with E-state index in [-0.39, 0.29) is 24.6 Å². The number of benzene rings is 2. The molecule has 3 rings (SSSR count). The highest BCUT2D eigenvalue weighted by Gasteiger charge is 2.18. The molecule has 0 aliphatic heterocycles. The van der Waals surface area contributed by atoms with E-state index in [9.17, 15) is 9.90 Å². The van der Waals surface area contributed by atoms with Gasteiger partial charge in [-0.3, -0.25) is 0 Å². The normalized spacial score (nSPS) is 11.7. The quantitative estimate of drug-likeness (QED) is 0.556. The summed E-state index contributed by atoms with van der Waals surface area (Å²) in [5, 5.41) is 19.9. The first-order chi connectivity index (χ1) is 11.1. The van der Waals surface area contributed by atoms with E-state index in [0.29, 0.717) is 11.2 Å². The molecule has 0 radical (unpaired) electrons. The Hall–Kier alpha value is -2.63. The number of carboxylic acid groups (broad SMARTS) is 1. The van der Waals surface area contributed by atoms with Gasteiger partial charge in [0.2, 0.25) is 0 Å². The first kappa shape index (κ1) is 17.7. The van der Waals surface area contributed by atoms with Gasteiger partial charge in [0.25, 0.3) is 0 Å². The molecule has 0 saturated heterocycles. The van der Waals surface area contributed by atoms with Crippen LogP contribution in [0.25, 0.3) is 22.0 Å². The Kier molecular flexibility index (Phi) is 5.39. The fraction of sp³-hybridized carbons (Fsp3) is 0.111. The smallest absolute Gasteiger partial charge is 0.362 e. The summed E-state index contributed by atoms with van der Waals surface area (Å²) in [5.74, 6) is -0.883. The van der Waals surface area contributed by atoms with Gasteiger partial charge >= 0.3 is 5.97 Å². The van der Waals surface area contributed by atoms with Crippen LogP contribution in [0.1, 0.15) is 5.69 Å². The van der Waals surface area contributed by atoms with E-state index in [1.165, 1.54) is 0 Å². The summed E-state index contributed by atoms with van der Waals surface area (Å²) in [5.41, 5.74) is 6.68. The van der Waals surface area contributed by atoms with Crippen LogP contribution in [0.5, 0.6) is 5.75 Å². The maximum absolute atomic E-state index is 10.9. The Bertz CT molecular complexity index is 869. The van der Waals surface area contributed by atoms with Crippen LogP contribution in [0.3, 0.4) is 0 Å². The van der Waals surface area contributed by atoms with E-state index in [1.54, 1.807) is 12.1 Å². The molecule has 124 valence electrons. The first-order valence-electron chi connectivity index (χ1n) is 7.29. The second kappa shape index (κ2) is 7.29. The topological polar surface area (TPSA) is 98.1 Å². The van der Waals surface area contributed by atoms with Gasteiger partial charge < -0.3 is 28.4 Å². The number of aromatic nitrogens is 1. The van der Waals surface area contributed by atoms with Crippen molar-refractivity contribution in [3.8, 4) is 16.9 Å². The number of carboxylic acids is 1. The Labute approximate surface area is 145 Å². The summed E-state index contributed by atoms with van der Waals surface area (Å²) < 4.78 is 0. The van der Waals surface area contributed by atoms with Gasteiger partial charge in [-0.25, -0.2) is 9.78 Å². The number of rotatable bonds is 4. The van der Waals surface area contributed by atoms with Gasteiger partial charge in [0.1, 0.15) is 11.3 Å². The zero-order chi connectivity index (χ0) is 16.4. The molecule has 0 aliphatic carbocycles. The largest absolute Gasteiger partial charge is 1.00 e. The van der Waals surface area contributed by atoms with Crippen molar-refractivity contribution in [2.45, 2.75) is 12.5 Å². The number of nitrogens with zero attached hydrogens (tertiary/aromatic N) is 1. The van der Waals surface area contributed by atoms with Crippen LogP contribution in [0.2, 0.25) is 0 Å². The summed E-state index contributed by atoms with van der Waals surface area (Å²) in [6.45, 7) is 0. The minimum absolute atomic E-state index is 0. The fourth-order valence-corrected chi connectivity index (χ4v) is 2.57. The predicted octanol–water partition coefficient (Wildman–Crippen LogP) is -1.15.